The van der Waals surface area contributed by atoms with E-state index in [2.05, 4.69) is 5.32 Å². The molecule has 0 aromatic heterocycles. The molecule has 0 radical (unpaired) electrons. The van der Waals surface area contributed by atoms with Gasteiger partial charge in [0.15, 0.2) is 5.78 Å². The summed E-state index contributed by atoms with van der Waals surface area (Å²) in [6.07, 6.45) is 1.30. The summed E-state index contributed by atoms with van der Waals surface area (Å²) >= 11 is 0. The molecule has 0 aromatic rings. The normalized spacial score (nSPS) is 10.9. The molecule has 1 amide bonds. The molecule has 10 heavy (non-hydrogen) atoms. The zero-order valence-electron chi connectivity index (χ0n) is 6.39. The number of likely N-dealkylation sites (N-methyl/N-ethyl adjacent to an activating group) is 1. The molecule has 3 heteroatoms. The summed E-state index contributed by atoms with van der Waals surface area (Å²) in [4.78, 5) is 21.1. The number of hydrogen-bond donors (Lipinski definition) is 1. The molecule has 0 unspecified atom stereocenters. The first-order chi connectivity index (χ1) is 4.57. The van der Waals surface area contributed by atoms with Crippen LogP contribution in [0.4, 0.5) is 0 Å². The fraction of sp³-hybridized carbons (Fsp3) is 0.429. The van der Waals surface area contributed by atoms with E-state index < -0.39 is 0 Å². The summed E-state index contributed by atoms with van der Waals surface area (Å²) in [6, 6.07) is 0. The van der Waals surface area contributed by atoms with Crippen LogP contribution in [0.1, 0.15) is 13.8 Å². The second-order valence-electron chi connectivity index (χ2n) is 2.02. The summed E-state index contributed by atoms with van der Waals surface area (Å²) < 4.78 is 0. The molecule has 0 heterocycles. The van der Waals surface area contributed by atoms with Crippen molar-refractivity contribution in [3.05, 3.63) is 11.6 Å². The van der Waals surface area contributed by atoms with E-state index in [4.69, 9.17) is 0 Å². The Kier molecular flexibility index (Phi) is 3.39. The SMILES string of the molecule is CNC(=O)/C(C)=C/C(C)=O. The van der Waals surface area contributed by atoms with E-state index in [0.717, 1.165) is 0 Å². The standard InChI is InChI=1S/C7H11NO2/c1-5(4-6(2)9)7(10)8-3/h4H,1-3H3,(H,8,10)/b5-4+. The number of allylic oxidation sites excluding steroid dienone is 1. The number of nitrogens with one attached hydrogen (secondary N) is 1. The van der Waals surface area contributed by atoms with Crippen molar-refractivity contribution in [1.29, 1.82) is 0 Å². The monoisotopic (exact) mass is 141 g/mol. The van der Waals surface area contributed by atoms with Crippen LogP contribution in [0.5, 0.6) is 0 Å². The third kappa shape index (κ3) is 3.02. The van der Waals surface area contributed by atoms with E-state index in [1.165, 1.54) is 20.0 Å². The van der Waals surface area contributed by atoms with Crippen LogP contribution < -0.4 is 5.32 Å². The second-order valence-corrected chi connectivity index (χ2v) is 2.02. The Bertz CT molecular complexity index is 182. The van der Waals surface area contributed by atoms with Crippen LogP contribution in [0.25, 0.3) is 0 Å². The molecule has 0 saturated carbocycles. The third-order valence-corrected chi connectivity index (χ3v) is 1.00. The van der Waals surface area contributed by atoms with E-state index in [-0.39, 0.29) is 11.7 Å². The van der Waals surface area contributed by atoms with Gasteiger partial charge in [0.05, 0.1) is 0 Å². The van der Waals surface area contributed by atoms with Crippen LogP contribution in [-0.4, -0.2) is 18.7 Å². The van der Waals surface area contributed by atoms with Gasteiger partial charge in [0.2, 0.25) is 5.91 Å². The van der Waals surface area contributed by atoms with E-state index in [9.17, 15) is 9.59 Å². The Hall–Kier alpha value is -1.12. The topological polar surface area (TPSA) is 46.2 Å². The van der Waals surface area contributed by atoms with E-state index in [1.54, 1.807) is 6.92 Å². The average molecular weight is 141 g/mol. The average Bonchev–Trinajstić information content (AvgIpc) is 1.85. The van der Waals surface area contributed by atoms with E-state index >= 15 is 0 Å². The van der Waals surface area contributed by atoms with Gasteiger partial charge < -0.3 is 5.32 Å². The van der Waals surface area contributed by atoms with Gasteiger partial charge in [-0.2, -0.15) is 0 Å². The summed E-state index contributed by atoms with van der Waals surface area (Å²) in [5, 5.41) is 2.41. The summed E-state index contributed by atoms with van der Waals surface area (Å²) in [5.74, 6) is -0.323. The van der Waals surface area contributed by atoms with Gasteiger partial charge in [-0.25, -0.2) is 0 Å². The highest BCUT2D eigenvalue weighted by molar-refractivity contribution is 6.00. The molecule has 0 fully saturated rings. The fourth-order valence-corrected chi connectivity index (χ4v) is 0.568. The predicted molar refractivity (Wildman–Crippen MR) is 38.5 cm³/mol. The van der Waals surface area contributed by atoms with Crippen molar-refractivity contribution < 1.29 is 9.59 Å². The molecule has 0 aromatic carbocycles. The van der Waals surface area contributed by atoms with Crippen molar-refractivity contribution in [2.24, 2.45) is 0 Å². The zero-order valence-corrected chi connectivity index (χ0v) is 6.39. The van der Waals surface area contributed by atoms with Gasteiger partial charge in [-0.15, -0.1) is 0 Å². The lowest BCUT2D eigenvalue weighted by atomic mass is 10.2. The Morgan fingerprint density at radius 2 is 1.80 bits per heavy atom. The molecule has 3 nitrogen and oxygen atoms in total. The summed E-state index contributed by atoms with van der Waals surface area (Å²) in [6.45, 7) is 3.01. The molecule has 0 bridgehead atoms. The minimum Gasteiger partial charge on any atom is -0.355 e. The van der Waals surface area contributed by atoms with Crippen molar-refractivity contribution in [3.63, 3.8) is 0 Å². The molecule has 0 atom stereocenters. The fourth-order valence-electron chi connectivity index (χ4n) is 0.568. The first-order valence-corrected chi connectivity index (χ1v) is 2.99. The number of carbonyl (C=O) groups excluding carboxylic acids is 2. The van der Waals surface area contributed by atoms with Gasteiger partial charge in [-0.05, 0) is 19.9 Å². The third-order valence-electron chi connectivity index (χ3n) is 1.00. The molecule has 0 aliphatic carbocycles. The Morgan fingerprint density at radius 1 is 1.30 bits per heavy atom. The van der Waals surface area contributed by atoms with Gasteiger partial charge in [0.1, 0.15) is 0 Å². The van der Waals surface area contributed by atoms with Crippen molar-refractivity contribution in [1.82, 2.24) is 5.32 Å². The van der Waals surface area contributed by atoms with Crippen molar-refractivity contribution >= 4 is 11.7 Å². The molecule has 56 valence electrons. The highest BCUT2D eigenvalue weighted by Crippen LogP contribution is 1.90. The zero-order chi connectivity index (χ0) is 8.15. The molecule has 0 aliphatic rings. The largest absolute Gasteiger partial charge is 0.355 e. The molecular weight excluding hydrogens is 130 g/mol. The molecule has 1 N–H and O–H groups in total. The predicted octanol–water partition coefficient (Wildman–Crippen LogP) is 0.268. The quantitative estimate of drug-likeness (QED) is 0.561. The van der Waals surface area contributed by atoms with E-state index in [1.807, 2.05) is 0 Å². The smallest absolute Gasteiger partial charge is 0.246 e. The van der Waals surface area contributed by atoms with Crippen molar-refractivity contribution in [2.45, 2.75) is 13.8 Å². The van der Waals surface area contributed by atoms with Crippen molar-refractivity contribution in [3.8, 4) is 0 Å². The first kappa shape index (κ1) is 8.88. The van der Waals surface area contributed by atoms with Crippen LogP contribution in [0.3, 0.4) is 0 Å². The highest BCUT2D eigenvalue weighted by Gasteiger charge is 1.99. The van der Waals surface area contributed by atoms with Gasteiger partial charge in [-0.3, -0.25) is 9.59 Å². The maximum absolute atomic E-state index is 10.7. The van der Waals surface area contributed by atoms with Crippen LogP contribution in [0.2, 0.25) is 0 Å². The van der Waals surface area contributed by atoms with Gasteiger partial charge in [0, 0.05) is 12.6 Å². The summed E-state index contributed by atoms with van der Waals surface area (Å²) in [5.41, 5.74) is 0.440. The number of amides is 1. The lowest BCUT2D eigenvalue weighted by Crippen LogP contribution is -2.18. The Balaban J connectivity index is 4.19. The molecule has 0 aliphatic heterocycles. The minimum atomic E-state index is -0.213. The minimum absolute atomic E-state index is 0.110. The van der Waals surface area contributed by atoms with E-state index in [0.29, 0.717) is 5.57 Å². The number of ketones is 1. The maximum atomic E-state index is 10.7. The molecular formula is C7H11NO2. The Labute approximate surface area is 60.1 Å². The van der Waals surface area contributed by atoms with Gasteiger partial charge in [0.25, 0.3) is 0 Å². The number of hydrogen-bond acceptors (Lipinski definition) is 2. The summed E-state index contributed by atoms with van der Waals surface area (Å²) in [7, 11) is 1.53. The van der Waals surface area contributed by atoms with Crippen LogP contribution in [0, 0.1) is 0 Å². The molecule has 0 rings (SSSR count). The lowest BCUT2D eigenvalue weighted by molar-refractivity contribution is -0.118. The molecule has 0 saturated heterocycles. The van der Waals surface area contributed by atoms with Crippen LogP contribution >= 0.6 is 0 Å². The van der Waals surface area contributed by atoms with Crippen molar-refractivity contribution in [2.75, 3.05) is 7.05 Å². The van der Waals surface area contributed by atoms with Gasteiger partial charge >= 0.3 is 0 Å². The highest BCUT2D eigenvalue weighted by atomic mass is 16.1. The molecule has 0 spiro atoms. The number of rotatable bonds is 2. The van der Waals surface area contributed by atoms with Gasteiger partial charge in [-0.1, -0.05) is 0 Å². The Morgan fingerprint density at radius 3 is 2.10 bits per heavy atom. The maximum Gasteiger partial charge on any atom is 0.246 e. The van der Waals surface area contributed by atoms with Crippen LogP contribution in [-0.2, 0) is 9.59 Å². The first-order valence-electron chi connectivity index (χ1n) is 2.99. The second kappa shape index (κ2) is 3.82. The number of carbonyl (C=O) groups is 2. The lowest BCUT2D eigenvalue weighted by Gasteiger charge is -1.95. The van der Waals surface area contributed by atoms with Crippen LogP contribution in [0.15, 0.2) is 11.6 Å².